The van der Waals surface area contributed by atoms with Gasteiger partial charge in [0.1, 0.15) is 0 Å². The van der Waals surface area contributed by atoms with E-state index in [1.54, 1.807) is 0 Å². The lowest BCUT2D eigenvalue weighted by atomic mass is 9.95. The van der Waals surface area contributed by atoms with Crippen LogP contribution in [0.15, 0.2) is 0 Å². The van der Waals surface area contributed by atoms with Crippen molar-refractivity contribution in [1.82, 2.24) is 10.2 Å². The van der Waals surface area contributed by atoms with Crippen molar-refractivity contribution in [3.8, 4) is 0 Å². The van der Waals surface area contributed by atoms with Crippen LogP contribution in [0.2, 0.25) is 0 Å². The van der Waals surface area contributed by atoms with E-state index in [4.69, 9.17) is 0 Å². The first-order valence-corrected chi connectivity index (χ1v) is 5.44. The molecule has 0 saturated carbocycles. The van der Waals surface area contributed by atoms with Gasteiger partial charge in [0, 0.05) is 24.2 Å². The average molecular weight is 184 g/mol. The number of hydrogen-bond acceptors (Lipinski definition) is 2. The van der Waals surface area contributed by atoms with Gasteiger partial charge in [-0.05, 0) is 47.6 Å². The van der Waals surface area contributed by atoms with E-state index in [1.807, 2.05) is 0 Å². The average Bonchev–Trinajstić information content (AvgIpc) is 2.07. The SMILES string of the molecule is CC(C)N1C(C)CNCCC1(C)C. The number of rotatable bonds is 1. The van der Waals surface area contributed by atoms with Crippen LogP contribution in [0, 0.1) is 0 Å². The van der Waals surface area contributed by atoms with E-state index >= 15 is 0 Å². The molecule has 0 amide bonds. The van der Waals surface area contributed by atoms with Crippen LogP contribution in [0.4, 0.5) is 0 Å². The summed E-state index contributed by atoms with van der Waals surface area (Å²) < 4.78 is 0. The Kier molecular flexibility index (Phi) is 3.36. The molecule has 1 aliphatic heterocycles. The zero-order chi connectivity index (χ0) is 10.1. The summed E-state index contributed by atoms with van der Waals surface area (Å²) in [6.45, 7) is 13.9. The second-order valence-electron chi connectivity index (χ2n) is 5.12. The van der Waals surface area contributed by atoms with E-state index in [1.165, 1.54) is 6.42 Å². The third-order valence-corrected chi connectivity index (χ3v) is 3.08. The summed E-state index contributed by atoms with van der Waals surface area (Å²) in [5.74, 6) is 0. The van der Waals surface area contributed by atoms with Gasteiger partial charge < -0.3 is 5.32 Å². The molecule has 0 aromatic heterocycles. The fraction of sp³-hybridized carbons (Fsp3) is 1.00. The highest BCUT2D eigenvalue weighted by atomic mass is 15.3. The Labute approximate surface area is 82.7 Å². The lowest BCUT2D eigenvalue weighted by Crippen LogP contribution is -2.52. The molecular formula is C11H24N2. The minimum Gasteiger partial charge on any atom is -0.315 e. The Bertz CT molecular complexity index is 163. The molecule has 1 N–H and O–H groups in total. The monoisotopic (exact) mass is 184 g/mol. The van der Waals surface area contributed by atoms with Gasteiger partial charge >= 0.3 is 0 Å². The molecule has 0 bridgehead atoms. The molecule has 0 aromatic rings. The van der Waals surface area contributed by atoms with Crippen molar-refractivity contribution >= 4 is 0 Å². The van der Waals surface area contributed by atoms with Crippen molar-refractivity contribution in [2.24, 2.45) is 0 Å². The Morgan fingerprint density at radius 3 is 2.54 bits per heavy atom. The highest BCUT2D eigenvalue weighted by Crippen LogP contribution is 2.25. The molecule has 13 heavy (non-hydrogen) atoms. The van der Waals surface area contributed by atoms with Crippen molar-refractivity contribution in [2.75, 3.05) is 13.1 Å². The molecule has 0 aliphatic carbocycles. The molecular weight excluding hydrogens is 160 g/mol. The molecule has 1 fully saturated rings. The zero-order valence-electron chi connectivity index (χ0n) is 9.72. The molecule has 1 unspecified atom stereocenters. The largest absolute Gasteiger partial charge is 0.315 e. The van der Waals surface area contributed by atoms with Crippen LogP contribution in [0.25, 0.3) is 0 Å². The van der Waals surface area contributed by atoms with Gasteiger partial charge in [0.05, 0.1) is 0 Å². The third kappa shape index (κ3) is 2.44. The molecule has 1 heterocycles. The predicted octanol–water partition coefficient (Wildman–Crippen LogP) is 1.86. The molecule has 1 rings (SSSR count). The van der Waals surface area contributed by atoms with Crippen molar-refractivity contribution in [1.29, 1.82) is 0 Å². The first kappa shape index (κ1) is 11.0. The fourth-order valence-electron chi connectivity index (χ4n) is 2.74. The van der Waals surface area contributed by atoms with Gasteiger partial charge in [-0.25, -0.2) is 0 Å². The summed E-state index contributed by atoms with van der Waals surface area (Å²) in [7, 11) is 0. The molecule has 2 heteroatoms. The molecule has 78 valence electrons. The predicted molar refractivity (Wildman–Crippen MR) is 58.0 cm³/mol. The van der Waals surface area contributed by atoms with Crippen LogP contribution >= 0.6 is 0 Å². The molecule has 0 spiro atoms. The second kappa shape index (κ2) is 3.97. The maximum absolute atomic E-state index is 3.50. The molecule has 0 aromatic carbocycles. The highest BCUT2D eigenvalue weighted by Gasteiger charge is 2.33. The molecule has 0 radical (unpaired) electrons. The van der Waals surface area contributed by atoms with E-state index in [0.717, 1.165) is 13.1 Å². The van der Waals surface area contributed by atoms with Crippen LogP contribution in [0.1, 0.15) is 41.0 Å². The van der Waals surface area contributed by atoms with Crippen LogP contribution in [-0.2, 0) is 0 Å². The highest BCUT2D eigenvalue weighted by molar-refractivity contribution is 4.91. The van der Waals surface area contributed by atoms with Gasteiger partial charge in [0.15, 0.2) is 0 Å². The normalized spacial score (nSPS) is 30.5. The second-order valence-corrected chi connectivity index (χ2v) is 5.12. The number of nitrogens with zero attached hydrogens (tertiary/aromatic N) is 1. The number of hydrogen-bond donors (Lipinski definition) is 1. The summed E-state index contributed by atoms with van der Waals surface area (Å²) in [6, 6.07) is 1.29. The van der Waals surface area contributed by atoms with E-state index in [2.05, 4.69) is 44.8 Å². The maximum Gasteiger partial charge on any atom is 0.0200 e. The molecule has 1 saturated heterocycles. The van der Waals surface area contributed by atoms with Crippen LogP contribution in [-0.4, -0.2) is 35.6 Å². The zero-order valence-corrected chi connectivity index (χ0v) is 9.72. The quantitative estimate of drug-likeness (QED) is 0.669. The van der Waals surface area contributed by atoms with Gasteiger partial charge in [0.2, 0.25) is 0 Å². The summed E-state index contributed by atoms with van der Waals surface area (Å²) in [5.41, 5.74) is 0.344. The topological polar surface area (TPSA) is 15.3 Å². The summed E-state index contributed by atoms with van der Waals surface area (Å²) in [5, 5.41) is 3.50. The standard InChI is InChI=1S/C11H24N2/c1-9(2)13-10(3)8-12-7-6-11(13,4)5/h9-10,12H,6-8H2,1-5H3. The fourth-order valence-corrected chi connectivity index (χ4v) is 2.74. The van der Waals surface area contributed by atoms with Crippen LogP contribution in [0.5, 0.6) is 0 Å². The smallest absolute Gasteiger partial charge is 0.0200 e. The van der Waals surface area contributed by atoms with E-state index < -0.39 is 0 Å². The van der Waals surface area contributed by atoms with Gasteiger partial charge in [-0.3, -0.25) is 4.90 Å². The Morgan fingerprint density at radius 2 is 2.00 bits per heavy atom. The molecule has 2 nitrogen and oxygen atoms in total. The third-order valence-electron chi connectivity index (χ3n) is 3.08. The Morgan fingerprint density at radius 1 is 1.38 bits per heavy atom. The lowest BCUT2D eigenvalue weighted by Gasteiger charge is -2.43. The van der Waals surface area contributed by atoms with Crippen LogP contribution in [0.3, 0.4) is 0 Å². The maximum atomic E-state index is 3.50. The first-order chi connectivity index (χ1) is 5.95. The van der Waals surface area contributed by atoms with Gasteiger partial charge in [-0.2, -0.15) is 0 Å². The summed E-state index contributed by atoms with van der Waals surface area (Å²) in [4.78, 5) is 2.63. The minimum atomic E-state index is 0.344. The van der Waals surface area contributed by atoms with Crippen molar-refractivity contribution in [3.63, 3.8) is 0 Å². The minimum absolute atomic E-state index is 0.344. The van der Waals surface area contributed by atoms with Crippen molar-refractivity contribution in [3.05, 3.63) is 0 Å². The van der Waals surface area contributed by atoms with Crippen molar-refractivity contribution in [2.45, 2.75) is 58.7 Å². The van der Waals surface area contributed by atoms with E-state index in [0.29, 0.717) is 17.6 Å². The van der Waals surface area contributed by atoms with Crippen LogP contribution < -0.4 is 5.32 Å². The van der Waals surface area contributed by atoms with E-state index in [-0.39, 0.29) is 0 Å². The molecule has 1 aliphatic rings. The van der Waals surface area contributed by atoms with E-state index in [9.17, 15) is 0 Å². The number of nitrogens with one attached hydrogen (secondary N) is 1. The Hall–Kier alpha value is -0.0800. The van der Waals surface area contributed by atoms with Gasteiger partial charge in [0.25, 0.3) is 0 Å². The summed E-state index contributed by atoms with van der Waals surface area (Å²) >= 11 is 0. The molecule has 1 atom stereocenters. The summed E-state index contributed by atoms with van der Waals surface area (Å²) in [6.07, 6.45) is 1.25. The Balaban J connectivity index is 2.80. The van der Waals surface area contributed by atoms with Crippen molar-refractivity contribution < 1.29 is 0 Å². The lowest BCUT2D eigenvalue weighted by molar-refractivity contribution is 0.0525. The first-order valence-electron chi connectivity index (χ1n) is 5.44. The van der Waals surface area contributed by atoms with Gasteiger partial charge in [-0.15, -0.1) is 0 Å². The van der Waals surface area contributed by atoms with Gasteiger partial charge in [-0.1, -0.05) is 0 Å².